The summed E-state index contributed by atoms with van der Waals surface area (Å²) in [6.07, 6.45) is -0.947. The molecule has 6 heteroatoms. The van der Waals surface area contributed by atoms with Crippen molar-refractivity contribution in [3.63, 3.8) is 0 Å². The third kappa shape index (κ3) is 2.65. The monoisotopic (exact) mass is 254 g/mol. The zero-order valence-electron chi connectivity index (χ0n) is 7.01. The fourth-order valence-electron chi connectivity index (χ4n) is 0.862. The predicted octanol–water partition coefficient (Wildman–Crippen LogP) is 2.31. The van der Waals surface area contributed by atoms with Gasteiger partial charge in [-0.2, -0.15) is 5.10 Å². The Labute approximate surface area is 82.8 Å². The van der Waals surface area contributed by atoms with E-state index in [0.717, 1.165) is 0 Å². The summed E-state index contributed by atoms with van der Waals surface area (Å²) in [6.45, 7) is 1.84. The van der Waals surface area contributed by atoms with Gasteiger partial charge in [0, 0.05) is 6.54 Å². The van der Waals surface area contributed by atoms with E-state index in [1.807, 2.05) is 6.92 Å². The van der Waals surface area contributed by atoms with E-state index in [0.29, 0.717) is 16.9 Å². The van der Waals surface area contributed by atoms with Gasteiger partial charge >= 0.3 is 0 Å². The summed E-state index contributed by atoms with van der Waals surface area (Å²) in [4.78, 5) is 0. The number of halogens is 3. The van der Waals surface area contributed by atoms with Gasteiger partial charge in [-0.05, 0) is 22.9 Å². The van der Waals surface area contributed by atoms with E-state index < -0.39 is 13.0 Å². The lowest BCUT2D eigenvalue weighted by molar-refractivity contribution is 0.0765. The lowest BCUT2D eigenvalue weighted by Crippen LogP contribution is -2.10. The van der Waals surface area contributed by atoms with Gasteiger partial charge in [-0.25, -0.2) is 13.5 Å². The van der Waals surface area contributed by atoms with Crippen LogP contribution < -0.4 is 4.74 Å². The summed E-state index contributed by atoms with van der Waals surface area (Å²) in [6, 6.07) is 0. The lowest BCUT2D eigenvalue weighted by Gasteiger charge is -2.07. The van der Waals surface area contributed by atoms with Crippen molar-refractivity contribution in [2.45, 2.75) is 19.9 Å². The Morgan fingerprint density at radius 2 is 2.38 bits per heavy atom. The number of rotatable bonds is 4. The lowest BCUT2D eigenvalue weighted by atomic mass is 10.6. The second-order valence-electron chi connectivity index (χ2n) is 2.32. The maximum atomic E-state index is 11.8. The van der Waals surface area contributed by atoms with Crippen LogP contribution in [0.5, 0.6) is 5.88 Å². The SMILES string of the molecule is CCn1ncc(Br)c1OCC(F)F. The Morgan fingerprint density at radius 1 is 1.69 bits per heavy atom. The predicted molar refractivity (Wildman–Crippen MR) is 47.1 cm³/mol. The van der Waals surface area contributed by atoms with Crippen molar-refractivity contribution in [2.24, 2.45) is 0 Å². The minimum absolute atomic E-state index is 0.350. The molecule has 0 radical (unpaired) electrons. The van der Waals surface area contributed by atoms with Gasteiger partial charge in [0.25, 0.3) is 6.43 Å². The van der Waals surface area contributed by atoms with E-state index in [1.54, 1.807) is 0 Å². The Morgan fingerprint density at radius 3 is 2.92 bits per heavy atom. The molecule has 0 N–H and O–H groups in total. The molecule has 0 aliphatic heterocycles. The maximum absolute atomic E-state index is 11.8. The molecule has 1 aromatic heterocycles. The molecule has 74 valence electrons. The highest BCUT2D eigenvalue weighted by Crippen LogP contribution is 2.24. The van der Waals surface area contributed by atoms with Crippen LogP contribution in [0.25, 0.3) is 0 Å². The van der Waals surface area contributed by atoms with Gasteiger partial charge in [-0.15, -0.1) is 0 Å². The molecule has 1 aromatic rings. The van der Waals surface area contributed by atoms with E-state index in [4.69, 9.17) is 4.74 Å². The van der Waals surface area contributed by atoms with Gasteiger partial charge in [0.1, 0.15) is 0 Å². The molecule has 0 amide bonds. The molecule has 0 fully saturated rings. The number of hydrogen-bond donors (Lipinski definition) is 0. The highest BCUT2D eigenvalue weighted by Gasteiger charge is 2.11. The second kappa shape index (κ2) is 4.55. The van der Waals surface area contributed by atoms with Crippen LogP contribution in [-0.4, -0.2) is 22.8 Å². The molecular formula is C7H9BrF2N2O. The van der Waals surface area contributed by atoms with E-state index in [2.05, 4.69) is 21.0 Å². The smallest absolute Gasteiger partial charge is 0.272 e. The molecule has 1 rings (SSSR count). The topological polar surface area (TPSA) is 27.1 Å². The van der Waals surface area contributed by atoms with E-state index in [1.165, 1.54) is 10.9 Å². The van der Waals surface area contributed by atoms with Crippen LogP contribution in [-0.2, 0) is 6.54 Å². The highest BCUT2D eigenvalue weighted by atomic mass is 79.9. The third-order valence-corrected chi connectivity index (χ3v) is 1.94. The van der Waals surface area contributed by atoms with Crippen LogP contribution >= 0.6 is 15.9 Å². The Hall–Kier alpha value is -0.650. The molecule has 0 saturated heterocycles. The largest absolute Gasteiger partial charge is 0.471 e. The zero-order valence-corrected chi connectivity index (χ0v) is 8.59. The molecule has 0 saturated carbocycles. The summed E-state index contributed by atoms with van der Waals surface area (Å²) < 4.78 is 30.6. The summed E-state index contributed by atoms with van der Waals surface area (Å²) in [5.74, 6) is 0.350. The molecule has 0 bridgehead atoms. The molecule has 13 heavy (non-hydrogen) atoms. The minimum Gasteiger partial charge on any atom is -0.471 e. The quantitative estimate of drug-likeness (QED) is 0.825. The first-order valence-electron chi connectivity index (χ1n) is 3.77. The standard InChI is InChI=1S/C7H9BrF2N2O/c1-2-12-7(5(8)3-11-12)13-4-6(9)10/h3,6H,2,4H2,1H3. The molecular weight excluding hydrogens is 246 g/mol. The van der Waals surface area contributed by atoms with Crippen molar-refractivity contribution in [2.75, 3.05) is 6.61 Å². The van der Waals surface area contributed by atoms with Crippen LogP contribution in [0, 0.1) is 0 Å². The fraction of sp³-hybridized carbons (Fsp3) is 0.571. The fourth-order valence-corrected chi connectivity index (χ4v) is 1.27. The summed E-state index contributed by atoms with van der Waals surface area (Å²) in [7, 11) is 0. The van der Waals surface area contributed by atoms with Crippen molar-refractivity contribution in [3.8, 4) is 5.88 Å². The van der Waals surface area contributed by atoms with E-state index in [-0.39, 0.29) is 0 Å². The third-order valence-electron chi connectivity index (χ3n) is 1.39. The Balaban J connectivity index is 2.68. The van der Waals surface area contributed by atoms with Crippen LogP contribution in [0.2, 0.25) is 0 Å². The first kappa shape index (κ1) is 10.4. The first-order chi connectivity index (χ1) is 6.15. The number of ether oxygens (including phenoxy) is 1. The summed E-state index contributed by atoms with van der Waals surface area (Å²) in [5.41, 5.74) is 0. The van der Waals surface area contributed by atoms with Gasteiger partial charge < -0.3 is 4.74 Å². The number of alkyl halides is 2. The minimum atomic E-state index is -2.47. The number of aryl methyl sites for hydroxylation is 1. The van der Waals surface area contributed by atoms with E-state index in [9.17, 15) is 8.78 Å². The molecule has 0 unspecified atom stereocenters. The van der Waals surface area contributed by atoms with Gasteiger partial charge in [0.05, 0.1) is 10.7 Å². The van der Waals surface area contributed by atoms with Crippen molar-refractivity contribution in [1.82, 2.24) is 9.78 Å². The molecule has 0 aliphatic rings. The van der Waals surface area contributed by atoms with Crippen LogP contribution in [0.1, 0.15) is 6.92 Å². The number of aromatic nitrogens is 2. The van der Waals surface area contributed by atoms with Gasteiger partial charge in [-0.3, -0.25) is 0 Å². The summed E-state index contributed by atoms with van der Waals surface area (Å²) in [5, 5.41) is 3.91. The van der Waals surface area contributed by atoms with Gasteiger partial charge in [-0.1, -0.05) is 0 Å². The van der Waals surface area contributed by atoms with Crippen molar-refractivity contribution in [3.05, 3.63) is 10.7 Å². The number of nitrogens with zero attached hydrogens (tertiary/aromatic N) is 2. The molecule has 3 nitrogen and oxygen atoms in total. The van der Waals surface area contributed by atoms with Crippen LogP contribution in [0.4, 0.5) is 8.78 Å². The van der Waals surface area contributed by atoms with Crippen molar-refractivity contribution in [1.29, 1.82) is 0 Å². The van der Waals surface area contributed by atoms with Crippen molar-refractivity contribution < 1.29 is 13.5 Å². The van der Waals surface area contributed by atoms with Gasteiger partial charge in [0.2, 0.25) is 5.88 Å². The maximum Gasteiger partial charge on any atom is 0.272 e. The Kier molecular flexibility index (Phi) is 3.65. The first-order valence-corrected chi connectivity index (χ1v) is 4.56. The molecule has 0 atom stereocenters. The van der Waals surface area contributed by atoms with Gasteiger partial charge in [0.15, 0.2) is 6.61 Å². The molecule has 1 heterocycles. The normalized spacial score (nSPS) is 10.8. The highest BCUT2D eigenvalue weighted by molar-refractivity contribution is 9.10. The van der Waals surface area contributed by atoms with Crippen LogP contribution in [0.3, 0.4) is 0 Å². The number of hydrogen-bond acceptors (Lipinski definition) is 2. The molecule has 0 spiro atoms. The zero-order chi connectivity index (χ0) is 9.84. The Bertz CT molecular complexity index is 277. The molecule has 0 aliphatic carbocycles. The van der Waals surface area contributed by atoms with E-state index >= 15 is 0 Å². The second-order valence-corrected chi connectivity index (χ2v) is 3.17. The average molecular weight is 255 g/mol. The van der Waals surface area contributed by atoms with Crippen LogP contribution in [0.15, 0.2) is 10.7 Å². The van der Waals surface area contributed by atoms with Crippen molar-refractivity contribution >= 4 is 15.9 Å². The average Bonchev–Trinajstić information content (AvgIpc) is 2.43. The summed E-state index contributed by atoms with van der Waals surface area (Å²) >= 11 is 3.15. The molecule has 0 aromatic carbocycles.